The first-order chi connectivity index (χ1) is 11.1. The maximum Gasteiger partial charge on any atom is 0.248 e. The Hall–Kier alpha value is -2.44. The number of nitrogens with zero attached hydrogens (tertiary/aromatic N) is 2. The highest BCUT2D eigenvalue weighted by Gasteiger charge is 2.17. The van der Waals surface area contributed by atoms with Crippen LogP contribution >= 0.6 is 0 Å². The van der Waals surface area contributed by atoms with Crippen LogP contribution in [0.15, 0.2) is 16.7 Å². The number of rotatable bonds is 8. The van der Waals surface area contributed by atoms with E-state index in [4.69, 9.17) is 18.7 Å². The third kappa shape index (κ3) is 3.85. The summed E-state index contributed by atoms with van der Waals surface area (Å²) >= 11 is 0. The van der Waals surface area contributed by atoms with E-state index in [1.165, 1.54) is 0 Å². The van der Waals surface area contributed by atoms with E-state index in [2.05, 4.69) is 22.4 Å². The molecular weight excluding hydrogens is 298 g/mol. The predicted molar refractivity (Wildman–Crippen MR) is 86.4 cm³/mol. The molecular formula is C16H23N3O4. The summed E-state index contributed by atoms with van der Waals surface area (Å²) in [6.07, 6.45) is 1.79. The average Bonchev–Trinajstić information content (AvgIpc) is 3.03. The van der Waals surface area contributed by atoms with Gasteiger partial charge in [0.05, 0.1) is 21.3 Å². The molecule has 0 radical (unpaired) electrons. The van der Waals surface area contributed by atoms with Crippen LogP contribution in [0.5, 0.6) is 17.2 Å². The number of hydrogen-bond acceptors (Lipinski definition) is 7. The van der Waals surface area contributed by atoms with Gasteiger partial charge in [0.25, 0.3) is 0 Å². The van der Waals surface area contributed by atoms with Gasteiger partial charge in [0.2, 0.25) is 11.6 Å². The van der Waals surface area contributed by atoms with E-state index >= 15 is 0 Å². The van der Waals surface area contributed by atoms with Crippen LogP contribution in [0.2, 0.25) is 0 Å². The van der Waals surface area contributed by atoms with Crippen LogP contribution in [0.1, 0.15) is 38.0 Å². The Bertz CT molecular complexity index is 617. The van der Waals surface area contributed by atoms with Crippen molar-refractivity contribution in [1.29, 1.82) is 0 Å². The minimum Gasteiger partial charge on any atom is -0.493 e. The van der Waals surface area contributed by atoms with Crippen LogP contribution in [-0.4, -0.2) is 31.5 Å². The number of aryl methyl sites for hydroxylation is 1. The minimum absolute atomic E-state index is 0.143. The standard InChI is InChI=1S/C16H23N3O4/c1-6-7-14-18-16(23-19-14)10(2)17-11-8-12(20-3)15(22-5)13(9-11)21-4/h8-10,17H,6-7H2,1-5H3. The van der Waals surface area contributed by atoms with Crippen molar-refractivity contribution in [2.45, 2.75) is 32.7 Å². The fourth-order valence-electron chi connectivity index (χ4n) is 2.24. The monoisotopic (exact) mass is 321 g/mol. The maximum atomic E-state index is 5.35. The van der Waals surface area contributed by atoms with Gasteiger partial charge in [0.15, 0.2) is 17.3 Å². The quantitative estimate of drug-likeness (QED) is 0.799. The lowest BCUT2D eigenvalue weighted by molar-refractivity contribution is 0.324. The van der Waals surface area contributed by atoms with Gasteiger partial charge in [-0.1, -0.05) is 12.1 Å². The molecule has 126 valence electrons. The van der Waals surface area contributed by atoms with E-state index in [-0.39, 0.29) is 6.04 Å². The second kappa shape index (κ2) is 7.71. The Labute approximate surface area is 135 Å². The highest BCUT2D eigenvalue weighted by Crippen LogP contribution is 2.40. The molecule has 1 unspecified atom stereocenters. The maximum absolute atomic E-state index is 5.35. The first kappa shape index (κ1) is 16.9. The lowest BCUT2D eigenvalue weighted by Gasteiger charge is -2.16. The van der Waals surface area contributed by atoms with Gasteiger partial charge in [-0.2, -0.15) is 4.98 Å². The van der Waals surface area contributed by atoms with Gasteiger partial charge in [-0.05, 0) is 13.3 Å². The zero-order chi connectivity index (χ0) is 16.8. The highest BCUT2D eigenvalue weighted by atomic mass is 16.5. The molecule has 1 N–H and O–H groups in total. The Morgan fingerprint density at radius 2 is 1.78 bits per heavy atom. The number of benzene rings is 1. The lowest BCUT2D eigenvalue weighted by atomic mass is 10.2. The summed E-state index contributed by atoms with van der Waals surface area (Å²) in [7, 11) is 4.74. The van der Waals surface area contributed by atoms with Crippen LogP contribution in [-0.2, 0) is 6.42 Å². The Kier molecular flexibility index (Phi) is 5.67. The van der Waals surface area contributed by atoms with E-state index in [0.29, 0.717) is 23.1 Å². The zero-order valence-corrected chi connectivity index (χ0v) is 14.2. The van der Waals surface area contributed by atoms with Crippen molar-refractivity contribution in [2.24, 2.45) is 0 Å². The summed E-state index contributed by atoms with van der Waals surface area (Å²) in [4.78, 5) is 4.39. The Balaban J connectivity index is 2.21. The predicted octanol–water partition coefficient (Wildman–Crippen LogP) is 3.22. The summed E-state index contributed by atoms with van der Waals surface area (Å²) < 4.78 is 21.3. The molecule has 0 bridgehead atoms. The molecule has 7 heteroatoms. The second-order valence-corrected chi connectivity index (χ2v) is 5.08. The molecule has 7 nitrogen and oxygen atoms in total. The first-order valence-electron chi connectivity index (χ1n) is 7.51. The topological polar surface area (TPSA) is 78.6 Å². The van der Waals surface area contributed by atoms with Crippen molar-refractivity contribution in [1.82, 2.24) is 10.1 Å². The number of anilines is 1. The molecule has 1 heterocycles. The van der Waals surface area contributed by atoms with Crippen molar-refractivity contribution < 1.29 is 18.7 Å². The van der Waals surface area contributed by atoms with Crippen LogP contribution in [0, 0.1) is 0 Å². The smallest absolute Gasteiger partial charge is 0.248 e. The van der Waals surface area contributed by atoms with Gasteiger partial charge >= 0.3 is 0 Å². The largest absolute Gasteiger partial charge is 0.493 e. The van der Waals surface area contributed by atoms with Crippen LogP contribution in [0.3, 0.4) is 0 Å². The number of ether oxygens (including phenoxy) is 3. The number of nitrogens with one attached hydrogen (secondary N) is 1. The highest BCUT2D eigenvalue weighted by molar-refractivity contribution is 5.62. The fourth-order valence-corrected chi connectivity index (χ4v) is 2.24. The van der Waals surface area contributed by atoms with Crippen molar-refractivity contribution in [3.05, 3.63) is 23.8 Å². The SMILES string of the molecule is CCCc1noc(C(C)Nc2cc(OC)c(OC)c(OC)c2)n1. The Morgan fingerprint density at radius 1 is 1.13 bits per heavy atom. The first-order valence-corrected chi connectivity index (χ1v) is 7.51. The van der Waals surface area contributed by atoms with Crippen LogP contribution in [0.25, 0.3) is 0 Å². The normalized spacial score (nSPS) is 11.9. The summed E-state index contributed by atoms with van der Waals surface area (Å²) in [5, 5.41) is 7.27. The van der Waals surface area contributed by atoms with E-state index in [1.54, 1.807) is 21.3 Å². The third-order valence-corrected chi connectivity index (χ3v) is 3.38. The molecule has 0 saturated heterocycles. The number of aromatic nitrogens is 2. The summed E-state index contributed by atoms with van der Waals surface area (Å²) in [6.45, 7) is 4.03. The van der Waals surface area contributed by atoms with Gasteiger partial charge in [-0.25, -0.2) is 0 Å². The summed E-state index contributed by atoms with van der Waals surface area (Å²) in [5.74, 6) is 2.98. The minimum atomic E-state index is -0.143. The van der Waals surface area contributed by atoms with Crippen LogP contribution < -0.4 is 19.5 Å². The number of hydrogen-bond donors (Lipinski definition) is 1. The van der Waals surface area contributed by atoms with Crippen LogP contribution in [0.4, 0.5) is 5.69 Å². The molecule has 0 amide bonds. The van der Waals surface area contributed by atoms with Crippen molar-refractivity contribution >= 4 is 5.69 Å². The van der Waals surface area contributed by atoms with Crippen molar-refractivity contribution in [3.8, 4) is 17.2 Å². The average molecular weight is 321 g/mol. The molecule has 0 aliphatic carbocycles. The van der Waals surface area contributed by atoms with Crippen molar-refractivity contribution in [2.75, 3.05) is 26.6 Å². The molecule has 2 rings (SSSR count). The molecule has 1 atom stereocenters. The van der Waals surface area contributed by atoms with E-state index < -0.39 is 0 Å². The van der Waals surface area contributed by atoms with Gasteiger partial charge in [0, 0.05) is 24.2 Å². The molecule has 0 fully saturated rings. The molecule has 23 heavy (non-hydrogen) atoms. The van der Waals surface area contributed by atoms with E-state index in [1.807, 2.05) is 19.1 Å². The van der Waals surface area contributed by atoms with E-state index in [9.17, 15) is 0 Å². The molecule has 1 aromatic carbocycles. The molecule has 1 aromatic heterocycles. The molecule has 0 aliphatic heterocycles. The molecule has 2 aromatic rings. The Morgan fingerprint density at radius 3 is 2.30 bits per heavy atom. The summed E-state index contributed by atoms with van der Waals surface area (Å²) in [5.41, 5.74) is 0.808. The van der Waals surface area contributed by atoms with E-state index in [0.717, 1.165) is 24.4 Å². The van der Waals surface area contributed by atoms with Gasteiger partial charge in [-0.15, -0.1) is 0 Å². The molecule has 0 aliphatic rings. The molecule has 0 saturated carbocycles. The zero-order valence-electron chi connectivity index (χ0n) is 14.2. The lowest BCUT2D eigenvalue weighted by Crippen LogP contribution is -2.08. The van der Waals surface area contributed by atoms with Gasteiger partial charge in [-0.3, -0.25) is 0 Å². The van der Waals surface area contributed by atoms with Gasteiger partial charge in [0.1, 0.15) is 6.04 Å². The number of methoxy groups -OCH3 is 3. The second-order valence-electron chi connectivity index (χ2n) is 5.08. The third-order valence-electron chi connectivity index (χ3n) is 3.38. The molecule has 0 spiro atoms. The van der Waals surface area contributed by atoms with Gasteiger partial charge < -0.3 is 24.1 Å². The summed E-state index contributed by atoms with van der Waals surface area (Å²) in [6, 6.07) is 3.53. The fraction of sp³-hybridized carbons (Fsp3) is 0.500. The van der Waals surface area contributed by atoms with Crippen molar-refractivity contribution in [3.63, 3.8) is 0 Å².